The molecule has 1 aliphatic rings. The number of para-hydroxylation sites is 1. The number of rotatable bonds is 10. The Morgan fingerprint density at radius 1 is 0.955 bits per heavy atom. The summed E-state index contributed by atoms with van der Waals surface area (Å²) in [6.45, 7) is -0.920. The second-order valence-electron chi connectivity index (χ2n) is 9.60. The summed E-state index contributed by atoms with van der Waals surface area (Å²) in [6, 6.07) is 20.8. The van der Waals surface area contributed by atoms with E-state index >= 15 is 0 Å². The van der Waals surface area contributed by atoms with Gasteiger partial charge in [0.15, 0.2) is 12.3 Å². The molecule has 3 aromatic carbocycles. The van der Waals surface area contributed by atoms with Gasteiger partial charge in [0, 0.05) is 12.3 Å². The number of H-pyrrole nitrogens is 1. The van der Waals surface area contributed by atoms with Crippen LogP contribution in [0.1, 0.15) is 11.8 Å². The monoisotopic (exact) mass is 648 g/mol. The van der Waals surface area contributed by atoms with Crippen molar-refractivity contribution in [2.75, 3.05) is 6.61 Å². The molecule has 2 heterocycles. The number of hydrogen-bond donors (Lipinski definition) is 4. The van der Waals surface area contributed by atoms with E-state index in [1.54, 1.807) is 60.7 Å². The molecule has 1 aliphatic heterocycles. The lowest BCUT2D eigenvalue weighted by Crippen LogP contribution is -2.40. The number of nitrogens with zero attached hydrogens (tertiary/aromatic N) is 1. The third kappa shape index (κ3) is 7.59. The van der Waals surface area contributed by atoms with Crippen LogP contribution in [0.15, 0.2) is 94.6 Å². The van der Waals surface area contributed by atoms with E-state index in [0.29, 0.717) is 10.9 Å². The Balaban J connectivity index is 1.31. The van der Waals surface area contributed by atoms with Crippen LogP contribution < -0.4 is 16.0 Å². The molecule has 15 nitrogen and oxygen atoms in total. The first kappa shape index (κ1) is 31.5. The van der Waals surface area contributed by atoms with Crippen LogP contribution in [0.3, 0.4) is 0 Å². The fraction of sp³-hybridized carbons (Fsp3) is 0.222. The van der Waals surface area contributed by atoms with E-state index < -0.39 is 70.1 Å². The molecular formula is C27H26N2O13P2. The van der Waals surface area contributed by atoms with Crippen LogP contribution in [-0.4, -0.2) is 55.5 Å². The second-order valence-corrected chi connectivity index (χ2v) is 13.0. The zero-order valence-electron chi connectivity index (χ0n) is 22.6. The number of carbonyl (C=O) groups excluding carboxylic acids is 1. The number of aliphatic hydroxyl groups is 1. The summed E-state index contributed by atoms with van der Waals surface area (Å²) in [7, 11) is -10.0. The van der Waals surface area contributed by atoms with Gasteiger partial charge in [-0.2, -0.15) is 0 Å². The molecule has 0 radical (unpaired) electrons. The van der Waals surface area contributed by atoms with Crippen molar-refractivity contribution < 1.29 is 51.9 Å². The van der Waals surface area contributed by atoms with Gasteiger partial charge in [-0.25, -0.2) is 18.5 Å². The van der Waals surface area contributed by atoms with E-state index in [1.807, 2.05) is 4.98 Å². The molecule has 1 saturated heterocycles. The SMILES string of the molecule is O=C(Oc1ccccc1)O[C@@H]1C(O)[C@H](n2ccc(=O)[nH]c2=O)O[C@@H]1COP(=O)(O)OP(=O)(O)Cc1cccc2ccccc12. The van der Waals surface area contributed by atoms with Gasteiger partial charge in [-0.1, -0.05) is 60.7 Å². The average molecular weight is 648 g/mol. The molecule has 6 atom stereocenters. The van der Waals surface area contributed by atoms with Gasteiger partial charge in [-0.05, 0) is 28.5 Å². The van der Waals surface area contributed by atoms with Crippen molar-refractivity contribution in [3.63, 3.8) is 0 Å². The summed E-state index contributed by atoms with van der Waals surface area (Å²) in [4.78, 5) is 59.1. The van der Waals surface area contributed by atoms with Crippen molar-refractivity contribution in [3.05, 3.63) is 111 Å². The van der Waals surface area contributed by atoms with Gasteiger partial charge in [0.05, 0.1) is 12.8 Å². The van der Waals surface area contributed by atoms with Crippen LogP contribution in [0, 0.1) is 0 Å². The fourth-order valence-corrected chi connectivity index (χ4v) is 7.35. The molecule has 3 unspecified atom stereocenters. The van der Waals surface area contributed by atoms with Crippen molar-refractivity contribution in [1.82, 2.24) is 9.55 Å². The highest BCUT2D eigenvalue weighted by atomic mass is 31.3. The molecule has 0 amide bonds. The van der Waals surface area contributed by atoms with Crippen LogP contribution in [-0.2, 0) is 33.6 Å². The van der Waals surface area contributed by atoms with Crippen molar-refractivity contribution in [2.24, 2.45) is 0 Å². The summed E-state index contributed by atoms with van der Waals surface area (Å²) >= 11 is 0. The number of aliphatic hydroxyl groups excluding tert-OH is 1. The second kappa shape index (κ2) is 13.0. The molecule has 0 spiro atoms. The predicted molar refractivity (Wildman–Crippen MR) is 153 cm³/mol. The molecule has 44 heavy (non-hydrogen) atoms. The number of phosphoric ester groups is 1. The highest BCUT2D eigenvalue weighted by molar-refractivity contribution is 7.63. The van der Waals surface area contributed by atoms with Gasteiger partial charge in [-0.15, -0.1) is 0 Å². The van der Waals surface area contributed by atoms with Crippen LogP contribution in [0.4, 0.5) is 4.79 Å². The van der Waals surface area contributed by atoms with Crippen molar-refractivity contribution >= 4 is 32.3 Å². The number of hydrogen-bond acceptors (Lipinski definition) is 11. The van der Waals surface area contributed by atoms with Crippen LogP contribution in [0.25, 0.3) is 10.8 Å². The maximum Gasteiger partial charge on any atom is 0.514 e. The van der Waals surface area contributed by atoms with Gasteiger partial charge in [-0.3, -0.25) is 23.4 Å². The molecule has 17 heteroatoms. The van der Waals surface area contributed by atoms with Crippen molar-refractivity contribution in [1.29, 1.82) is 0 Å². The quantitative estimate of drug-likeness (QED) is 0.111. The minimum atomic E-state index is -5.27. The molecule has 1 aromatic heterocycles. The Labute approximate surface area is 248 Å². The number of carbonyl (C=O) groups is 1. The summed E-state index contributed by atoms with van der Waals surface area (Å²) < 4.78 is 51.9. The van der Waals surface area contributed by atoms with Gasteiger partial charge in [0.1, 0.15) is 18.0 Å². The maximum absolute atomic E-state index is 12.9. The summed E-state index contributed by atoms with van der Waals surface area (Å²) in [5.74, 6) is 0.102. The lowest BCUT2D eigenvalue weighted by atomic mass is 10.1. The zero-order valence-corrected chi connectivity index (χ0v) is 24.4. The predicted octanol–water partition coefficient (Wildman–Crippen LogP) is 3.05. The summed E-state index contributed by atoms with van der Waals surface area (Å²) in [6.07, 6.45) is -7.39. The van der Waals surface area contributed by atoms with Gasteiger partial charge in [0.25, 0.3) is 5.56 Å². The largest absolute Gasteiger partial charge is 0.514 e. The first-order valence-electron chi connectivity index (χ1n) is 13.0. The number of benzene rings is 3. The first-order valence-corrected chi connectivity index (χ1v) is 16.2. The minimum Gasteiger partial charge on any atom is -0.425 e. The molecule has 0 aliphatic carbocycles. The lowest BCUT2D eigenvalue weighted by Gasteiger charge is -2.22. The highest BCUT2D eigenvalue weighted by Crippen LogP contribution is 2.61. The summed E-state index contributed by atoms with van der Waals surface area (Å²) in [5.41, 5.74) is -1.32. The standard InChI is InChI=1S/C27H26N2O13P2/c30-22-13-14-29(26(32)28-22)25-23(31)24(41-27(33)39-19-10-2-1-3-11-19)21(40-25)15-38-44(36,37)42-43(34,35)16-18-9-6-8-17-7-4-5-12-20(17)18/h1-14,21,23-25,31H,15-16H2,(H,34,35)(H,36,37)(H,28,30,32)/t21-,23?,24+,25-/m1/s1. The topological polar surface area (TPSA) is 213 Å². The fourth-order valence-electron chi connectivity index (χ4n) is 4.60. The number of fused-ring (bicyclic) bond motifs is 1. The van der Waals surface area contributed by atoms with E-state index in [4.69, 9.17) is 18.7 Å². The van der Waals surface area contributed by atoms with Gasteiger partial charge in [0.2, 0.25) is 0 Å². The van der Waals surface area contributed by atoms with E-state index in [2.05, 4.69) is 4.31 Å². The molecule has 0 bridgehead atoms. The third-order valence-corrected chi connectivity index (χ3v) is 9.56. The molecule has 5 rings (SSSR count). The Morgan fingerprint density at radius 3 is 2.41 bits per heavy atom. The van der Waals surface area contributed by atoms with Crippen LogP contribution in [0.2, 0.25) is 0 Å². The average Bonchev–Trinajstić information content (AvgIpc) is 3.26. The van der Waals surface area contributed by atoms with Crippen molar-refractivity contribution in [2.45, 2.75) is 30.7 Å². The number of aromatic amines is 1. The van der Waals surface area contributed by atoms with Gasteiger partial charge >= 0.3 is 27.3 Å². The number of aromatic nitrogens is 2. The summed E-state index contributed by atoms with van der Waals surface area (Å²) in [5, 5.41) is 12.4. The smallest absolute Gasteiger partial charge is 0.425 e. The molecule has 4 aromatic rings. The molecule has 232 valence electrons. The third-order valence-electron chi connectivity index (χ3n) is 6.49. The van der Waals surface area contributed by atoms with E-state index in [0.717, 1.165) is 22.2 Å². The Kier molecular flexibility index (Phi) is 9.30. The number of nitrogens with one attached hydrogen (secondary N) is 1. The normalized spacial score (nSPS) is 22.6. The number of ether oxygens (including phenoxy) is 3. The van der Waals surface area contributed by atoms with E-state index in [-0.39, 0.29) is 5.75 Å². The molecule has 1 fully saturated rings. The van der Waals surface area contributed by atoms with Gasteiger partial charge < -0.3 is 29.1 Å². The molecule has 4 N–H and O–H groups in total. The first-order chi connectivity index (χ1) is 20.9. The number of phosphoric acid groups is 1. The van der Waals surface area contributed by atoms with Crippen LogP contribution in [0.5, 0.6) is 5.75 Å². The van der Waals surface area contributed by atoms with E-state index in [1.165, 1.54) is 12.1 Å². The molecule has 0 saturated carbocycles. The molecular weight excluding hydrogens is 622 g/mol. The Morgan fingerprint density at radius 2 is 1.66 bits per heavy atom. The minimum absolute atomic E-state index is 0.102. The zero-order chi connectivity index (χ0) is 31.5. The van der Waals surface area contributed by atoms with Crippen LogP contribution >= 0.6 is 15.4 Å². The highest BCUT2D eigenvalue weighted by Gasteiger charge is 2.49. The lowest BCUT2D eigenvalue weighted by molar-refractivity contribution is -0.0555. The Bertz CT molecular complexity index is 1860. The maximum atomic E-state index is 12.9. The van der Waals surface area contributed by atoms with E-state index in [9.17, 15) is 38.4 Å². The van der Waals surface area contributed by atoms with Crippen molar-refractivity contribution in [3.8, 4) is 5.75 Å². The Hall–Kier alpha value is -3.91.